The summed E-state index contributed by atoms with van der Waals surface area (Å²) in [6.45, 7) is 0.178. The van der Waals surface area contributed by atoms with Crippen molar-refractivity contribution in [2.45, 2.75) is 6.54 Å². The zero-order valence-electron chi connectivity index (χ0n) is 11.0. The second-order valence-corrected chi connectivity index (χ2v) is 4.89. The normalized spacial score (nSPS) is 10.8. The van der Waals surface area contributed by atoms with Gasteiger partial charge in [-0.15, -0.1) is 5.10 Å². The number of hydrogen-bond acceptors (Lipinski definition) is 3. The highest BCUT2D eigenvalue weighted by molar-refractivity contribution is 6.30. The molecule has 0 aliphatic heterocycles. The highest BCUT2D eigenvalue weighted by Gasteiger charge is 2.18. The van der Waals surface area contributed by atoms with Crippen LogP contribution in [-0.2, 0) is 6.54 Å². The Hall–Kier alpha value is -2.24. The molecule has 3 rings (SSSR count). The average Bonchev–Trinajstić information content (AvgIpc) is 2.92. The van der Waals surface area contributed by atoms with E-state index in [1.807, 2.05) is 0 Å². The Labute approximate surface area is 126 Å². The van der Waals surface area contributed by atoms with Gasteiger partial charge >= 0.3 is 0 Å². The van der Waals surface area contributed by atoms with Crippen molar-refractivity contribution >= 4 is 11.6 Å². The van der Waals surface area contributed by atoms with Gasteiger partial charge in [-0.2, -0.15) is 0 Å². The Bertz CT molecular complexity index is 768. The SMILES string of the molecule is NCc1nnn(-c2ccc(Cl)cc2)c1-c1ccccc1F. The number of hydrogen-bond donors (Lipinski definition) is 1. The van der Waals surface area contributed by atoms with Gasteiger partial charge in [-0.05, 0) is 36.4 Å². The van der Waals surface area contributed by atoms with Gasteiger partial charge in [0.15, 0.2) is 0 Å². The van der Waals surface area contributed by atoms with Crippen LogP contribution in [0.2, 0.25) is 5.02 Å². The number of nitrogens with two attached hydrogens (primary N) is 1. The number of aromatic nitrogens is 3. The van der Waals surface area contributed by atoms with Crippen molar-refractivity contribution < 1.29 is 4.39 Å². The molecule has 2 aromatic carbocycles. The lowest BCUT2D eigenvalue weighted by Gasteiger charge is -2.09. The van der Waals surface area contributed by atoms with E-state index in [-0.39, 0.29) is 12.4 Å². The highest BCUT2D eigenvalue weighted by atomic mass is 35.5. The fourth-order valence-corrected chi connectivity index (χ4v) is 2.26. The first kappa shape index (κ1) is 13.7. The molecule has 0 aliphatic rings. The minimum Gasteiger partial charge on any atom is -0.325 e. The van der Waals surface area contributed by atoms with Crippen molar-refractivity contribution in [2.24, 2.45) is 5.73 Å². The number of benzene rings is 2. The van der Waals surface area contributed by atoms with Gasteiger partial charge in [0, 0.05) is 17.1 Å². The van der Waals surface area contributed by atoms with Crippen molar-refractivity contribution in [3.05, 3.63) is 65.1 Å². The van der Waals surface area contributed by atoms with Crippen LogP contribution in [0.25, 0.3) is 16.9 Å². The van der Waals surface area contributed by atoms with E-state index in [9.17, 15) is 4.39 Å². The molecule has 6 heteroatoms. The van der Waals surface area contributed by atoms with E-state index >= 15 is 0 Å². The van der Waals surface area contributed by atoms with Gasteiger partial charge in [0.1, 0.15) is 17.2 Å². The summed E-state index contributed by atoms with van der Waals surface area (Å²) in [6.07, 6.45) is 0. The predicted octanol–water partition coefficient (Wildman–Crippen LogP) is 3.19. The fourth-order valence-electron chi connectivity index (χ4n) is 2.14. The first-order valence-electron chi connectivity index (χ1n) is 6.36. The predicted molar refractivity (Wildman–Crippen MR) is 79.7 cm³/mol. The zero-order chi connectivity index (χ0) is 14.8. The van der Waals surface area contributed by atoms with Crippen LogP contribution in [0.5, 0.6) is 0 Å². The molecule has 0 radical (unpaired) electrons. The maximum absolute atomic E-state index is 14.1. The lowest BCUT2D eigenvalue weighted by molar-refractivity contribution is 0.629. The molecule has 0 aliphatic carbocycles. The van der Waals surface area contributed by atoms with Crippen LogP contribution in [-0.4, -0.2) is 15.0 Å². The largest absolute Gasteiger partial charge is 0.325 e. The standard InChI is InChI=1S/C15H12ClFN4/c16-10-5-7-11(8-6-10)21-15(14(9-18)19-20-21)12-3-1-2-4-13(12)17/h1-8H,9,18H2. The van der Waals surface area contributed by atoms with Crippen molar-refractivity contribution in [1.29, 1.82) is 0 Å². The van der Waals surface area contributed by atoms with Gasteiger partial charge < -0.3 is 5.73 Å². The summed E-state index contributed by atoms with van der Waals surface area (Å²) in [5.41, 5.74) is 7.94. The smallest absolute Gasteiger partial charge is 0.132 e. The summed E-state index contributed by atoms with van der Waals surface area (Å²) >= 11 is 5.89. The Kier molecular flexibility index (Phi) is 3.68. The lowest BCUT2D eigenvalue weighted by atomic mass is 10.1. The third-order valence-corrected chi connectivity index (χ3v) is 3.39. The van der Waals surface area contributed by atoms with E-state index in [4.69, 9.17) is 17.3 Å². The molecule has 1 heterocycles. The molecule has 0 amide bonds. The molecule has 3 aromatic rings. The third-order valence-electron chi connectivity index (χ3n) is 3.13. The van der Waals surface area contributed by atoms with Crippen LogP contribution in [0.15, 0.2) is 48.5 Å². The van der Waals surface area contributed by atoms with Crippen molar-refractivity contribution in [3.63, 3.8) is 0 Å². The first-order valence-corrected chi connectivity index (χ1v) is 6.74. The molecule has 21 heavy (non-hydrogen) atoms. The maximum atomic E-state index is 14.1. The van der Waals surface area contributed by atoms with Crippen LogP contribution in [0.1, 0.15) is 5.69 Å². The summed E-state index contributed by atoms with van der Waals surface area (Å²) in [6, 6.07) is 13.5. The van der Waals surface area contributed by atoms with Crippen LogP contribution >= 0.6 is 11.6 Å². The molecule has 0 saturated heterocycles. The molecule has 0 bridgehead atoms. The Morgan fingerprint density at radius 3 is 2.48 bits per heavy atom. The summed E-state index contributed by atoms with van der Waals surface area (Å²) in [5.74, 6) is -0.343. The van der Waals surface area contributed by atoms with Gasteiger partial charge in [-0.25, -0.2) is 9.07 Å². The summed E-state index contributed by atoms with van der Waals surface area (Å²) in [7, 11) is 0. The Morgan fingerprint density at radius 1 is 1.10 bits per heavy atom. The molecule has 4 nitrogen and oxygen atoms in total. The minimum absolute atomic E-state index is 0.178. The average molecular weight is 303 g/mol. The quantitative estimate of drug-likeness (QED) is 0.808. The number of halogens is 2. The third kappa shape index (κ3) is 2.53. The Morgan fingerprint density at radius 2 is 1.81 bits per heavy atom. The van der Waals surface area contributed by atoms with Crippen molar-refractivity contribution in [1.82, 2.24) is 15.0 Å². The van der Waals surface area contributed by atoms with Crippen LogP contribution in [0.3, 0.4) is 0 Å². The summed E-state index contributed by atoms with van der Waals surface area (Å²) in [4.78, 5) is 0. The van der Waals surface area contributed by atoms with E-state index in [0.717, 1.165) is 5.69 Å². The van der Waals surface area contributed by atoms with Crippen LogP contribution < -0.4 is 5.73 Å². The van der Waals surface area contributed by atoms with E-state index in [1.165, 1.54) is 6.07 Å². The van der Waals surface area contributed by atoms with Gasteiger partial charge in [-0.3, -0.25) is 0 Å². The molecule has 2 N–H and O–H groups in total. The van der Waals surface area contributed by atoms with Gasteiger partial charge in [0.2, 0.25) is 0 Å². The number of nitrogens with zero attached hydrogens (tertiary/aromatic N) is 3. The summed E-state index contributed by atoms with van der Waals surface area (Å²) < 4.78 is 15.7. The molecule has 0 fully saturated rings. The topological polar surface area (TPSA) is 56.7 Å². The van der Waals surface area contributed by atoms with Crippen molar-refractivity contribution in [2.75, 3.05) is 0 Å². The fraction of sp³-hybridized carbons (Fsp3) is 0.0667. The van der Waals surface area contributed by atoms with Crippen LogP contribution in [0, 0.1) is 5.82 Å². The van der Waals surface area contributed by atoms with E-state index in [1.54, 1.807) is 47.1 Å². The van der Waals surface area contributed by atoms with Gasteiger partial charge in [-0.1, -0.05) is 28.9 Å². The van der Waals surface area contributed by atoms with E-state index in [0.29, 0.717) is 22.0 Å². The lowest BCUT2D eigenvalue weighted by Crippen LogP contribution is -2.03. The second-order valence-electron chi connectivity index (χ2n) is 4.46. The van der Waals surface area contributed by atoms with E-state index in [2.05, 4.69) is 10.3 Å². The number of rotatable bonds is 3. The molecule has 0 spiro atoms. The highest BCUT2D eigenvalue weighted by Crippen LogP contribution is 2.27. The second kappa shape index (κ2) is 5.63. The molecule has 0 saturated carbocycles. The molecular weight excluding hydrogens is 291 g/mol. The maximum Gasteiger partial charge on any atom is 0.132 e. The van der Waals surface area contributed by atoms with Crippen molar-refractivity contribution in [3.8, 4) is 16.9 Å². The molecule has 0 atom stereocenters. The molecular formula is C15H12ClFN4. The Balaban J connectivity index is 2.22. The zero-order valence-corrected chi connectivity index (χ0v) is 11.8. The molecule has 1 aromatic heterocycles. The molecule has 106 valence electrons. The van der Waals surface area contributed by atoms with E-state index < -0.39 is 0 Å². The molecule has 0 unspecified atom stereocenters. The van der Waals surface area contributed by atoms with Gasteiger partial charge in [0.05, 0.1) is 5.69 Å². The summed E-state index contributed by atoms with van der Waals surface area (Å²) in [5, 5.41) is 8.74. The van der Waals surface area contributed by atoms with Gasteiger partial charge in [0.25, 0.3) is 0 Å². The van der Waals surface area contributed by atoms with Crippen LogP contribution in [0.4, 0.5) is 4.39 Å². The minimum atomic E-state index is -0.343. The first-order chi connectivity index (χ1) is 10.2. The monoisotopic (exact) mass is 302 g/mol.